The highest BCUT2D eigenvalue weighted by Gasteiger charge is 2.08. The van der Waals surface area contributed by atoms with Crippen LogP contribution in [0.4, 0.5) is 0 Å². The zero-order valence-electron chi connectivity index (χ0n) is 13.5. The van der Waals surface area contributed by atoms with Gasteiger partial charge in [0, 0.05) is 5.69 Å². The fourth-order valence-electron chi connectivity index (χ4n) is 2.16. The normalized spacial score (nSPS) is 10.7. The van der Waals surface area contributed by atoms with Gasteiger partial charge in [-0.15, -0.1) is 0 Å². The molecule has 1 heterocycles. The van der Waals surface area contributed by atoms with Crippen molar-refractivity contribution in [2.75, 3.05) is 6.61 Å². The highest BCUT2D eigenvalue weighted by molar-refractivity contribution is 5.79. The van der Waals surface area contributed by atoms with Crippen molar-refractivity contribution in [1.29, 1.82) is 5.26 Å². The van der Waals surface area contributed by atoms with Gasteiger partial charge in [0.25, 0.3) is 5.56 Å². The van der Waals surface area contributed by atoms with E-state index in [1.54, 1.807) is 26.1 Å². The smallest absolute Gasteiger partial charge is 0.289 e. The Kier molecular flexibility index (Phi) is 5.32. The summed E-state index contributed by atoms with van der Waals surface area (Å²) >= 11 is 0. The van der Waals surface area contributed by atoms with Gasteiger partial charge < -0.3 is 4.74 Å². The molecule has 0 fully saturated rings. The number of benzene rings is 1. The van der Waals surface area contributed by atoms with Crippen molar-refractivity contribution in [2.45, 2.75) is 27.2 Å². The topological polar surface area (TPSA) is 67.4 Å². The summed E-state index contributed by atoms with van der Waals surface area (Å²) in [4.78, 5) is 12.2. The van der Waals surface area contributed by atoms with E-state index in [4.69, 9.17) is 10.00 Å². The molecular weight excluding hydrogens is 290 g/mol. The van der Waals surface area contributed by atoms with E-state index in [2.05, 4.69) is 12.0 Å². The second-order valence-corrected chi connectivity index (χ2v) is 5.23. The minimum absolute atomic E-state index is 0.121. The summed E-state index contributed by atoms with van der Waals surface area (Å²) in [5.41, 5.74) is 1.92. The van der Waals surface area contributed by atoms with Crippen LogP contribution in [0, 0.1) is 25.2 Å². The second-order valence-electron chi connectivity index (χ2n) is 5.23. The highest BCUT2D eigenvalue weighted by Crippen LogP contribution is 2.11. The van der Waals surface area contributed by atoms with Gasteiger partial charge in [-0.1, -0.05) is 6.92 Å². The molecule has 0 saturated heterocycles. The zero-order valence-corrected chi connectivity index (χ0v) is 13.5. The molecule has 0 radical (unpaired) electrons. The molecule has 0 saturated carbocycles. The zero-order chi connectivity index (χ0) is 16.8. The number of rotatable bonds is 5. The average molecular weight is 309 g/mol. The Hall–Kier alpha value is -2.87. The van der Waals surface area contributed by atoms with Crippen molar-refractivity contribution in [3.63, 3.8) is 0 Å². The third-order valence-corrected chi connectivity index (χ3v) is 3.35. The number of hydrogen-bond donors (Lipinski definition) is 0. The van der Waals surface area contributed by atoms with Crippen LogP contribution in [0.2, 0.25) is 0 Å². The lowest BCUT2D eigenvalue weighted by Crippen LogP contribution is -2.22. The lowest BCUT2D eigenvalue weighted by molar-refractivity contribution is 0.317. The molecule has 5 heteroatoms. The molecule has 0 aliphatic carbocycles. The summed E-state index contributed by atoms with van der Waals surface area (Å²) < 4.78 is 6.76. The van der Waals surface area contributed by atoms with E-state index in [9.17, 15) is 4.79 Å². The highest BCUT2D eigenvalue weighted by atomic mass is 16.5. The summed E-state index contributed by atoms with van der Waals surface area (Å²) in [6.45, 7) is 6.27. The number of pyridine rings is 1. The van der Waals surface area contributed by atoms with Crippen molar-refractivity contribution >= 4 is 6.21 Å². The number of ether oxygens (including phenoxy) is 1. The van der Waals surface area contributed by atoms with E-state index < -0.39 is 5.56 Å². The first-order valence-corrected chi connectivity index (χ1v) is 7.47. The van der Waals surface area contributed by atoms with Gasteiger partial charge in [-0.05, 0) is 61.7 Å². The van der Waals surface area contributed by atoms with Gasteiger partial charge in [-0.2, -0.15) is 10.4 Å². The van der Waals surface area contributed by atoms with Crippen LogP contribution in [0.15, 0.2) is 40.2 Å². The molecule has 0 spiro atoms. The van der Waals surface area contributed by atoms with Gasteiger partial charge in [-0.25, -0.2) is 4.68 Å². The van der Waals surface area contributed by atoms with Crippen molar-refractivity contribution < 1.29 is 4.74 Å². The maximum Gasteiger partial charge on any atom is 0.289 e. The Morgan fingerprint density at radius 2 is 2.00 bits per heavy atom. The Bertz CT molecular complexity index is 812. The van der Waals surface area contributed by atoms with Crippen LogP contribution in [-0.4, -0.2) is 17.5 Å². The van der Waals surface area contributed by atoms with E-state index in [1.165, 1.54) is 4.68 Å². The Labute approximate surface area is 135 Å². The first-order chi connectivity index (χ1) is 11.1. The summed E-state index contributed by atoms with van der Waals surface area (Å²) in [5, 5.41) is 13.3. The summed E-state index contributed by atoms with van der Waals surface area (Å²) in [6.07, 6.45) is 2.55. The van der Waals surface area contributed by atoms with E-state index in [-0.39, 0.29) is 5.56 Å². The Balaban J connectivity index is 2.27. The Morgan fingerprint density at radius 3 is 2.61 bits per heavy atom. The molecule has 1 aromatic carbocycles. The fraction of sp³-hybridized carbons (Fsp3) is 0.278. The molecule has 1 aromatic heterocycles. The monoisotopic (exact) mass is 309 g/mol. The molecular formula is C18H19N3O2. The third-order valence-electron chi connectivity index (χ3n) is 3.35. The molecule has 2 rings (SSSR count). The molecule has 0 N–H and O–H groups in total. The molecule has 0 atom stereocenters. The van der Waals surface area contributed by atoms with Gasteiger partial charge in [0.05, 0.1) is 12.8 Å². The van der Waals surface area contributed by atoms with E-state index >= 15 is 0 Å². The summed E-state index contributed by atoms with van der Waals surface area (Å²) in [7, 11) is 0. The number of aryl methyl sites for hydroxylation is 2. The van der Waals surface area contributed by atoms with Crippen molar-refractivity contribution in [2.24, 2.45) is 5.10 Å². The van der Waals surface area contributed by atoms with E-state index in [0.29, 0.717) is 17.9 Å². The van der Waals surface area contributed by atoms with Crippen LogP contribution in [0.5, 0.6) is 5.75 Å². The molecule has 118 valence electrons. The van der Waals surface area contributed by atoms with E-state index in [0.717, 1.165) is 17.7 Å². The average Bonchev–Trinajstić information content (AvgIpc) is 2.54. The lowest BCUT2D eigenvalue weighted by Gasteiger charge is -2.06. The summed E-state index contributed by atoms with van der Waals surface area (Å²) in [6, 6.07) is 11.2. The van der Waals surface area contributed by atoms with Crippen LogP contribution in [0.1, 0.15) is 35.7 Å². The largest absolute Gasteiger partial charge is 0.494 e. The molecule has 23 heavy (non-hydrogen) atoms. The maximum absolute atomic E-state index is 12.2. The predicted molar refractivity (Wildman–Crippen MR) is 90.1 cm³/mol. The van der Waals surface area contributed by atoms with Crippen LogP contribution >= 0.6 is 0 Å². The van der Waals surface area contributed by atoms with Gasteiger partial charge in [-0.3, -0.25) is 4.79 Å². The minimum Gasteiger partial charge on any atom is -0.494 e. The predicted octanol–water partition coefficient (Wildman–Crippen LogP) is 3.01. The van der Waals surface area contributed by atoms with Gasteiger partial charge >= 0.3 is 0 Å². The molecule has 0 aliphatic heterocycles. The van der Waals surface area contributed by atoms with Gasteiger partial charge in [0.2, 0.25) is 0 Å². The van der Waals surface area contributed by atoms with Crippen LogP contribution in [-0.2, 0) is 0 Å². The standard InChI is InChI=1S/C18H19N3O2/c1-4-9-23-16-7-5-15(6-8-16)12-20-21-14(3)10-13(2)17(11-19)18(21)22/h5-8,10,12H,4,9H2,1-3H3/b20-12-. The number of nitriles is 1. The van der Waals surface area contributed by atoms with Crippen molar-refractivity contribution in [3.05, 3.63) is 63.1 Å². The maximum atomic E-state index is 12.2. The minimum atomic E-state index is -0.399. The van der Waals surface area contributed by atoms with Crippen molar-refractivity contribution in [3.8, 4) is 11.8 Å². The lowest BCUT2D eigenvalue weighted by atomic mass is 10.1. The van der Waals surface area contributed by atoms with Gasteiger partial charge in [0.15, 0.2) is 0 Å². The summed E-state index contributed by atoms with van der Waals surface area (Å²) in [5.74, 6) is 0.805. The first kappa shape index (κ1) is 16.5. The van der Waals surface area contributed by atoms with Crippen LogP contribution in [0.25, 0.3) is 0 Å². The molecule has 2 aromatic rings. The third kappa shape index (κ3) is 3.86. The Morgan fingerprint density at radius 1 is 1.30 bits per heavy atom. The molecule has 0 aliphatic rings. The molecule has 0 bridgehead atoms. The van der Waals surface area contributed by atoms with E-state index in [1.807, 2.05) is 30.3 Å². The second kappa shape index (κ2) is 7.41. The van der Waals surface area contributed by atoms with Crippen molar-refractivity contribution in [1.82, 2.24) is 4.68 Å². The molecule has 0 unspecified atom stereocenters. The number of nitrogens with zero attached hydrogens (tertiary/aromatic N) is 3. The number of aromatic nitrogens is 1. The SMILES string of the molecule is CCCOc1ccc(/C=N\n2c(C)cc(C)c(C#N)c2=O)cc1. The quantitative estimate of drug-likeness (QED) is 0.797. The number of hydrogen-bond acceptors (Lipinski definition) is 4. The fourth-order valence-corrected chi connectivity index (χ4v) is 2.16. The van der Waals surface area contributed by atoms with Crippen LogP contribution < -0.4 is 10.3 Å². The van der Waals surface area contributed by atoms with Crippen LogP contribution in [0.3, 0.4) is 0 Å². The first-order valence-electron chi connectivity index (χ1n) is 7.47. The molecule has 0 amide bonds. The molecule has 5 nitrogen and oxygen atoms in total. The van der Waals surface area contributed by atoms with Gasteiger partial charge in [0.1, 0.15) is 17.4 Å².